The van der Waals surface area contributed by atoms with Crippen LogP contribution in [0, 0.1) is 11.3 Å². The molecule has 3 rings (SSSR count). The lowest BCUT2D eigenvalue weighted by Gasteiger charge is -2.01. The molecule has 23 heavy (non-hydrogen) atoms. The van der Waals surface area contributed by atoms with Gasteiger partial charge in [-0.2, -0.15) is 5.26 Å². The average molecular weight is 323 g/mol. The summed E-state index contributed by atoms with van der Waals surface area (Å²) >= 11 is 1.43. The van der Waals surface area contributed by atoms with Gasteiger partial charge in [-0.25, -0.2) is 0 Å². The maximum Gasteiger partial charge on any atom is 0.277 e. The summed E-state index contributed by atoms with van der Waals surface area (Å²) in [6.45, 7) is 0.238. The van der Waals surface area contributed by atoms with E-state index in [9.17, 15) is 0 Å². The molecule has 0 aliphatic heterocycles. The van der Waals surface area contributed by atoms with Gasteiger partial charge in [-0.1, -0.05) is 42.1 Å². The second-order valence-electron chi connectivity index (χ2n) is 4.66. The predicted octanol–water partition coefficient (Wildman–Crippen LogP) is 3.81. The van der Waals surface area contributed by atoms with Gasteiger partial charge in [-0.3, -0.25) is 0 Å². The number of nitriles is 1. The molecule has 0 bridgehead atoms. The Labute approximate surface area is 137 Å². The van der Waals surface area contributed by atoms with Crippen LogP contribution in [0.2, 0.25) is 0 Å². The second kappa shape index (κ2) is 7.47. The van der Waals surface area contributed by atoms with Gasteiger partial charge in [0.25, 0.3) is 11.1 Å². The van der Waals surface area contributed by atoms with Crippen molar-refractivity contribution >= 4 is 11.8 Å². The third kappa shape index (κ3) is 4.34. The van der Waals surface area contributed by atoms with Crippen LogP contribution >= 0.6 is 11.8 Å². The molecule has 0 unspecified atom stereocenters. The highest BCUT2D eigenvalue weighted by atomic mass is 32.2. The van der Waals surface area contributed by atoms with Gasteiger partial charge in [0.1, 0.15) is 5.75 Å². The molecule has 0 spiro atoms. The largest absolute Gasteiger partial charge is 0.484 e. The molecule has 2 aromatic carbocycles. The first-order valence-electron chi connectivity index (χ1n) is 6.95. The maximum atomic E-state index is 8.89. The van der Waals surface area contributed by atoms with Crippen molar-refractivity contribution in [3.63, 3.8) is 0 Å². The lowest BCUT2D eigenvalue weighted by molar-refractivity contribution is 0.252. The van der Waals surface area contributed by atoms with Crippen molar-refractivity contribution in [1.82, 2.24) is 10.2 Å². The number of rotatable bonds is 6. The normalized spacial score (nSPS) is 10.2. The summed E-state index contributed by atoms with van der Waals surface area (Å²) in [6.07, 6.45) is 0. The van der Waals surface area contributed by atoms with E-state index in [1.54, 1.807) is 6.07 Å². The zero-order valence-corrected chi connectivity index (χ0v) is 13.0. The van der Waals surface area contributed by atoms with Crippen molar-refractivity contribution in [2.75, 3.05) is 0 Å². The predicted molar refractivity (Wildman–Crippen MR) is 85.8 cm³/mol. The van der Waals surface area contributed by atoms with E-state index >= 15 is 0 Å². The number of aromatic nitrogens is 2. The summed E-state index contributed by atoms with van der Waals surface area (Å²) < 4.78 is 11.1. The average Bonchev–Trinajstić information content (AvgIpc) is 3.07. The highest BCUT2D eigenvalue weighted by Gasteiger charge is 2.08. The first-order chi connectivity index (χ1) is 11.3. The number of para-hydroxylation sites is 1. The summed E-state index contributed by atoms with van der Waals surface area (Å²) in [4.78, 5) is 0. The molecule has 0 saturated carbocycles. The fourth-order valence-electron chi connectivity index (χ4n) is 1.89. The molecule has 0 N–H and O–H groups in total. The van der Waals surface area contributed by atoms with Crippen molar-refractivity contribution in [2.24, 2.45) is 0 Å². The Hall–Kier alpha value is -2.78. The third-order valence-corrected chi connectivity index (χ3v) is 3.86. The van der Waals surface area contributed by atoms with E-state index in [0.717, 1.165) is 11.3 Å². The van der Waals surface area contributed by atoms with Crippen LogP contribution in [0.1, 0.15) is 17.0 Å². The lowest BCUT2D eigenvalue weighted by Crippen LogP contribution is -1.95. The van der Waals surface area contributed by atoms with Gasteiger partial charge in [0.2, 0.25) is 0 Å². The van der Waals surface area contributed by atoms with Crippen LogP contribution in [0.3, 0.4) is 0 Å². The van der Waals surface area contributed by atoms with Gasteiger partial charge in [-0.15, -0.1) is 10.2 Å². The first kappa shape index (κ1) is 15.1. The third-order valence-electron chi connectivity index (χ3n) is 2.97. The van der Waals surface area contributed by atoms with E-state index in [1.165, 1.54) is 11.8 Å². The number of ether oxygens (including phenoxy) is 1. The van der Waals surface area contributed by atoms with Crippen LogP contribution in [-0.4, -0.2) is 10.2 Å². The molecule has 6 heteroatoms. The van der Waals surface area contributed by atoms with E-state index in [2.05, 4.69) is 16.3 Å². The van der Waals surface area contributed by atoms with Gasteiger partial charge in [-0.05, 0) is 29.8 Å². The molecule has 0 atom stereocenters. The van der Waals surface area contributed by atoms with Crippen LogP contribution in [0.25, 0.3) is 0 Å². The molecule has 0 aliphatic carbocycles. The van der Waals surface area contributed by atoms with Crippen LogP contribution in [0.15, 0.2) is 64.2 Å². The molecular formula is C17H13N3O2S. The van der Waals surface area contributed by atoms with Crippen molar-refractivity contribution in [3.05, 3.63) is 71.6 Å². The minimum atomic E-state index is 0.238. The minimum absolute atomic E-state index is 0.238. The first-order valence-corrected chi connectivity index (χ1v) is 7.94. The second-order valence-corrected chi connectivity index (χ2v) is 5.59. The van der Waals surface area contributed by atoms with E-state index in [4.69, 9.17) is 14.4 Å². The van der Waals surface area contributed by atoms with E-state index in [-0.39, 0.29) is 6.61 Å². The summed E-state index contributed by atoms with van der Waals surface area (Å²) in [7, 11) is 0. The standard InChI is InChI=1S/C17H13N3O2S/c18-10-13-5-4-6-14(9-13)12-23-17-20-19-16(22-17)11-21-15-7-2-1-3-8-15/h1-9H,11-12H2. The summed E-state index contributed by atoms with van der Waals surface area (Å²) in [6, 6.07) is 19.0. The smallest absolute Gasteiger partial charge is 0.277 e. The van der Waals surface area contributed by atoms with E-state index in [0.29, 0.717) is 22.4 Å². The quantitative estimate of drug-likeness (QED) is 0.642. The number of hydrogen-bond donors (Lipinski definition) is 0. The highest BCUT2D eigenvalue weighted by molar-refractivity contribution is 7.98. The summed E-state index contributed by atoms with van der Waals surface area (Å²) in [5.74, 6) is 1.85. The van der Waals surface area contributed by atoms with Crippen LogP contribution in [0.4, 0.5) is 0 Å². The Kier molecular flexibility index (Phi) is 4.92. The number of thioether (sulfide) groups is 1. The topological polar surface area (TPSA) is 71.9 Å². The van der Waals surface area contributed by atoms with Crippen molar-refractivity contribution < 1.29 is 9.15 Å². The van der Waals surface area contributed by atoms with Crippen molar-refractivity contribution in [2.45, 2.75) is 17.6 Å². The molecule has 0 radical (unpaired) electrons. The Bertz CT molecular complexity index is 812. The monoisotopic (exact) mass is 323 g/mol. The molecule has 1 heterocycles. The molecule has 0 amide bonds. The van der Waals surface area contributed by atoms with E-state index in [1.807, 2.05) is 48.5 Å². The molecule has 0 saturated heterocycles. The zero-order chi connectivity index (χ0) is 15.9. The Balaban J connectivity index is 1.54. The van der Waals surface area contributed by atoms with Gasteiger partial charge in [0.05, 0.1) is 11.6 Å². The number of hydrogen-bond acceptors (Lipinski definition) is 6. The number of benzene rings is 2. The molecule has 3 aromatic rings. The molecule has 0 fully saturated rings. The SMILES string of the molecule is N#Cc1cccc(CSc2nnc(COc3ccccc3)o2)c1. The summed E-state index contributed by atoms with van der Waals surface area (Å²) in [5, 5.41) is 17.3. The molecule has 114 valence electrons. The van der Waals surface area contributed by atoms with Crippen LogP contribution in [0.5, 0.6) is 5.75 Å². The Morgan fingerprint density at radius 1 is 1.09 bits per heavy atom. The molecule has 0 aliphatic rings. The van der Waals surface area contributed by atoms with Gasteiger partial charge in [0.15, 0.2) is 6.61 Å². The van der Waals surface area contributed by atoms with Crippen molar-refractivity contribution in [1.29, 1.82) is 5.26 Å². The van der Waals surface area contributed by atoms with Crippen molar-refractivity contribution in [3.8, 4) is 11.8 Å². The molecule has 5 nitrogen and oxygen atoms in total. The minimum Gasteiger partial charge on any atom is -0.484 e. The summed E-state index contributed by atoms with van der Waals surface area (Å²) in [5.41, 5.74) is 1.68. The van der Waals surface area contributed by atoms with Gasteiger partial charge >= 0.3 is 0 Å². The highest BCUT2D eigenvalue weighted by Crippen LogP contribution is 2.22. The maximum absolute atomic E-state index is 8.89. The Morgan fingerprint density at radius 2 is 1.96 bits per heavy atom. The van der Waals surface area contributed by atoms with Gasteiger partial charge in [0, 0.05) is 5.75 Å². The van der Waals surface area contributed by atoms with E-state index < -0.39 is 0 Å². The fourth-order valence-corrected chi connectivity index (χ4v) is 2.62. The Morgan fingerprint density at radius 3 is 2.78 bits per heavy atom. The van der Waals surface area contributed by atoms with Crippen LogP contribution in [-0.2, 0) is 12.4 Å². The van der Waals surface area contributed by atoms with Gasteiger partial charge < -0.3 is 9.15 Å². The fraction of sp³-hybridized carbons (Fsp3) is 0.118. The lowest BCUT2D eigenvalue weighted by atomic mass is 10.2. The zero-order valence-electron chi connectivity index (χ0n) is 12.2. The number of nitrogens with zero attached hydrogens (tertiary/aromatic N) is 3. The molecule has 1 aromatic heterocycles. The van der Waals surface area contributed by atoms with Crippen LogP contribution < -0.4 is 4.74 Å². The molecular weight excluding hydrogens is 310 g/mol.